The minimum Gasteiger partial charge on any atom is -0.377 e. The van der Waals surface area contributed by atoms with E-state index in [1.54, 1.807) is 12.3 Å². The molecule has 0 bridgehead atoms. The second-order valence-corrected chi connectivity index (χ2v) is 6.06. The van der Waals surface area contributed by atoms with Crippen molar-refractivity contribution in [3.63, 3.8) is 0 Å². The third-order valence-electron chi connectivity index (χ3n) is 2.62. The number of aromatic nitrogens is 1. The van der Waals surface area contributed by atoms with Crippen molar-refractivity contribution in [1.82, 2.24) is 4.98 Å². The summed E-state index contributed by atoms with van der Waals surface area (Å²) in [6, 6.07) is 7.52. The summed E-state index contributed by atoms with van der Waals surface area (Å²) in [4.78, 5) is 4.07. The molecule has 1 heterocycles. The number of anilines is 1. The van der Waals surface area contributed by atoms with Crippen molar-refractivity contribution in [2.24, 2.45) is 0 Å². The number of rotatable bonds is 3. The van der Waals surface area contributed by atoms with Gasteiger partial charge < -0.3 is 5.32 Å². The van der Waals surface area contributed by atoms with Gasteiger partial charge in [0.05, 0.1) is 26.4 Å². The molecule has 2 rings (SSSR count). The molecule has 0 saturated carbocycles. The molecular weight excluding hydrogens is 370 g/mol. The summed E-state index contributed by atoms with van der Waals surface area (Å²) >= 11 is 21.1. The van der Waals surface area contributed by atoms with Gasteiger partial charge in [0.15, 0.2) is 0 Å². The van der Waals surface area contributed by atoms with Crippen LogP contribution in [0, 0.1) is 0 Å². The van der Waals surface area contributed by atoms with Crippen LogP contribution < -0.4 is 5.32 Å². The molecule has 0 spiro atoms. The molecule has 19 heavy (non-hydrogen) atoms. The molecule has 1 aromatic carbocycles. The Morgan fingerprint density at radius 3 is 2.53 bits per heavy atom. The number of benzene rings is 1. The Hall–Kier alpha value is -0.480. The molecule has 100 valence electrons. The number of hydrogen-bond acceptors (Lipinski definition) is 2. The second-order valence-electron chi connectivity index (χ2n) is 4.04. The topological polar surface area (TPSA) is 24.9 Å². The first kappa shape index (κ1) is 14.9. The SMILES string of the molecule is CC(Nc1cnc(Cl)c(Br)c1)c1ccc(Cl)c(Cl)c1. The molecule has 6 heteroatoms. The Balaban J connectivity index is 2.17. The van der Waals surface area contributed by atoms with E-state index in [0.717, 1.165) is 15.7 Å². The highest BCUT2D eigenvalue weighted by atomic mass is 79.9. The Labute approximate surface area is 135 Å². The van der Waals surface area contributed by atoms with Crippen molar-refractivity contribution < 1.29 is 0 Å². The lowest BCUT2D eigenvalue weighted by Crippen LogP contribution is -2.06. The maximum atomic E-state index is 6.01. The zero-order valence-corrected chi connectivity index (χ0v) is 13.8. The first-order valence-corrected chi connectivity index (χ1v) is 7.42. The van der Waals surface area contributed by atoms with Gasteiger partial charge in [0.2, 0.25) is 0 Å². The van der Waals surface area contributed by atoms with Gasteiger partial charge in [0, 0.05) is 6.04 Å². The van der Waals surface area contributed by atoms with Gasteiger partial charge in [-0.2, -0.15) is 0 Å². The fraction of sp³-hybridized carbons (Fsp3) is 0.154. The summed E-state index contributed by atoms with van der Waals surface area (Å²) in [5.74, 6) is 0. The Morgan fingerprint density at radius 2 is 1.89 bits per heavy atom. The monoisotopic (exact) mass is 378 g/mol. The average molecular weight is 381 g/mol. The highest BCUT2D eigenvalue weighted by molar-refractivity contribution is 9.10. The highest BCUT2D eigenvalue weighted by Crippen LogP contribution is 2.28. The fourth-order valence-corrected chi connectivity index (χ4v) is 2.37. The van der Waals surface area contributed by atoms with Crippen LogP contribution in [0.2, 0.25) is 15.2 Å². The third-order valence-corrected chi connectivity index (χ3v) is 4.50. The van der Waals surface area contributed by atoms with E-state index in [-0.39, 0.29) is 6.04 Å². The molecule has 1 atom stereocenters. The molecular formula is C13H10BrCl3N2. The molecule has 2 nitrogen and oxygen atoms in total. The van der Waals surface area contributed by atoms with E-state index in [4.69, 9.17) is 34.8 Å². The van der Waals surface area contributed by atoms with E-state index < -0.39 is 0 Å². The van der Waals surface area contributed by atoms with Crippen molar-refractivity contribution in [2.45, 2.75) is 13.0 Å². The summed E-state index contributed by atoms with van der Waals surface area (Å²) < 4.78 is 0.750. The zero-order valence-electron chi connectivity index (χ0n) is 9.92. The smallest absolute Gasteiger partial charge is 0.143 e. The lowest BCUT2D eigenvalue weighted by Gasteiger charge is -2.16. The van der Waals surface area contributed by atoms with Crippen LogP contribution in [0.4, 0.5) is 5.69 Å². The highest BCUT2D eigenvalue weighted by Gasteiger charge is 2.09. The van der Waals surface area contributed by atoms with Crippen LogP contribution in [-0.2, 0) is 0 Å². The predicted molar refractivity (Wildman–Crippen MR) is 85.4 cm³/mol. The third kappa shape index (κ3) is 3.76. The van der Waals surface area contributed by atoms with Crippen molar-refractivity contribution >= 4 is 56.4 Å². The van der Waals surface area contributed by atoms with Crippen LogP contribution in [-0.4, -0.2) is 4.98 Å². The molecule has 2 aromatic rings. The number of hydrogen-bond donors (Lipinski definition) is 1. The van der Waals surface area contributed by atoms with Gasteiger partial charge in [0.25, 0.3) is 0 Å². The standard InChI is InChI=1S/C13H10BrCl3N2/c1-7(8-2-3-11(15)12(16)4-8)19-9-5-10(14)13(17)18-6-9/h2-7,19H,1H3. The summed E-state index contributed by atoms with van der Waals surface area (Å²) in [6.45, 7) is 2.03. The molecule has 0 fully saturated rings. The second kappa shape index (κ2) is 6.31. The number of halogens is 4. The van der Waals surface area contributed by atoms with Crippen LogP contribution in [0.25, 0.3) is 0 Å². The Kier molecular flexibility index (Phi) is 4.96. The largest absolute Gasteiger partial charge is 0.377 e. The maximum Gasteiger partial charge on any atom is 0.143 e. The van der Waals surface area contributed by atoms with E-state index >= 15 is 0 Å². The molecule has 0 amide bonds. The molecule has 0 aliphatic rings. The summed E-state index contributed by atoms with van der Waals surface area (Å²) in [6.07, 6.45) is 1.68. The summed E-state index contributed by atoms with van der Waals surface area (Å²) in [5, 5.41) is 4.85. The molecule has 0 radical (unpaired) electrons. The first-order valence-electron chi connectivity index (χ1n) is 5.50. The van der Waals surface area contributed by atoms with Gasteiger partial charge in [0.1, 0.15) is 5.15 Å². The molecule has 1 aromatic heterocycles. The van der Waals surface area contributed by atoms with Gasteiger partial charge in [-0.3, -0.25) is 0 Å². The van der Waals surface area contributed by atoms with Crippen LogP contribution >= 0.6 is 50.7 Å². The van der Waals surface area contributed by atoms with Crippen LogP contribution in [0.5, 0.6) is 0 Å². The molecule has 1 N–H and O–H groups in total. The molecule has 0 aliphatic heterocycles. The van der Waals surface area contributed by atoms with E-state index in [1.807, 2.05) is 25.1 Å². The lowest BCUT2D eigenvalue weighted by atomic mass is 10.1. The van der Waals surface area contributed by atoms with E-state index in [1.165, 1.54) is 0 Å². The minimum atomic E-state index is 0.0737. The van der Waals surface area contributed by atoms with E-state index in [2.05, 4.69) is 26.2 Å². The fourth-order valence-electron chi connectivity index (χ4n) is 1.62. The average Bonchev–Trinajstić information content (AvgIpc) is 2.37. The first-order chi connectivity index (χ1) is 8.97. The van der Waals surface area contributed by atoms with E-state index in [0.29, 0.717) is 15.2 Å². The Morgan fingerprint density at radius 1 is 1.16 bits per heavy atom. The summed E-state index contributed by atoms with van der Waals surface area (Å²) in [5.41, 5.74) is 1.91. The molecule has 0 aliphatic carbocycles. The lowest BCUT2D eigenvalue weighted by molar-refractivity contribution is 0.883. The van der Waals surface area contributed by atoms with E-state index in [9.17, 15) is 0 Å². The maximum absolute atomic E-state index is 6.01. The van der Waals surface area contributed by atoms with Crippen LogP contribution in [0.3, 0.4) is 0 Å². The zero-order chi connectivity index (χ0) is 14.0. The minimum absolute atomic E-state index is 0.0737. The molecule has 0 saturated heterocycles. The van der Waals surface area contributed by atoms with Gasteiger partial charge in [-0.15, -0.1) is 0 Å². The van der Waals surface area contributed by atoms with Crippen LogP contribution in [0.1, 0.15) is 18.5 Å². The number of nitrogens with one attached hydrogen (secondary N) is 1. The Bertz CT molecular complexity index is 604. The van der Waals surface area contributed by atoms with Gasteiger partial charge >= 0.3 is 0 Å². The van der Waals surface area contributed by atoms with Crippen molar-refractivity contribution in [2.75, 3.05) is 5.32 Å². The van der Waals surface area contributed by atoms with Gasteiger partial charge in [-0.05, 0) is 46.6 Å². The van der Waals surface area contributed by atoms with Crippen LogP contribution in [0.15, 0.2) is 34.9 Å². The summed E-state index contributed by atoms with van der Waals surface area (Å²) in [7, 11) is 0. The number of pyridine rings is 1. The van der Waals surface area contributed by atoms with Gasteiger partial charge in [-0.1, -0.05) is 40.9 Å². The normalized spacial score (nSPS) is 12.3. The van der Waals surface area contributed by atoms with Crippen molar-refractivity contribution in [3.8, 4) is 0 Å². The van der Waals surface area contributed by atoms with Crippen molar-refractivity contribution in [3.05, 3.63) is 55.7 Å². The van der Waals surface area contributed by atoms with Crippen molar-refractivity contribution in [1.29, 1.82) is 0 Å². The van der Waals surface area contributed by atoms with Gasteiger partial charge in [-0.25, -0.2) is 4.98 Å². The predicted octanol–water partition coefficient (Wildman–Crippen LogP) is 5.98. The molecule has 1 unspecified atom stereocenters. The quantitative estimate of drug-likeness (QED) is 0.663. The number of nitrogens with zero attached hydrogens (tertiary/aromatic N) is 1.